The quantitative estimate of drug-likeness (QED) is 0.862. The van der Waals surface area contributed by atoms with Gasteiger partial charge in [0.2, 0.25) is 10.0 Å². The van der Waals surface area contributed by atoms with E-state index in [-0.39, 0.29) is 11.3 Å². The van der Waals surface area contributed by atoms with E-state index < -0.39 is 27.6 Å². The van der Waals surface area contributed by atoms with Crippen molar-refractivity contribution in [2.24, 2.45) is 0 Å². The van der Waals surface area contributed by atoms with Crippen LogP contribution in [0.5, 0.6) is 5.75 Å². The van der Waals surface area contributed by atoms with E-state index in [4.69, 9.17) is 4.74 Å². The minimum absolute atomic E-state index is 0.0433. The normalized spacial score (nSPS) is 16.0. The van der Waals surface area contributed by atoms with Gasteiger partial charge in [0, 0.05) is 17.8 Å². The third kappa shape index (κ3) is 4.02. The van der Waals surface area contributed by atoms with Gasteiger partial charge in [-0.05, 0) is 49.2 Å². The van der Waals surface area contributed by atoms with Crippen LogP contribution < -0.4 is 14.4 Å². The molecule has 1 saturated heterocycles. The van der Waals surface area contributed by atoms with Gasteiger partial charge in [-0.15, -0.1) is 0 Å². The number of ether oxygens (including phenoxy) is 1. The van der Waals surface area contributed by atoms with Gasteiger partial charge in [0.05, 0.1) is 18.6 Å². The van der Waals surface area contributed by atoms with E-state index in [0.717, 1.165) is 18.2 Å². The average Bonchev–Trinajstić information content (AvgIpc) is 2.63. The number of hydrogen-bond acceptors (Lipinski definition) is 4. The summed E-state index contributed by atoms with van der Waals surface area (Å²) in [5.41, 5.74) is 0.568. The van der Waals surface area contributed by atoms with Crippen LogP contribution in [0, 0.1) is 11.6 Å². The van der Waals surface area contributed by atoms with Crippen LogP contribution >= 0.6 is 0 Å². The number of anilines is 2. The monoisotopic (exact) mass is 396 g/mol. The molecule has 0 unspecified atom stereocenters. The van der Waals surface area contributed by atoms with Crippen molar-refractivity contribution in [3.05, 3.63) is 53.6 Å². The summed E-state index contributed by atoms with van der Waals surface area (Å²) in [6.07, 6.45) is 1.31. The summed E-state index contributed by atoms with van der Waals surface area (Å²) >= 11 is 0. The molecule has 1 aliphatic rings. The molecule has 0 radical (unpaired) electrons. The van der Waals surface area contributed by atoms with Gasteiger partial charge < -0.3 is 10.1 Å². The highest BCUT2D eigenvalue weighted by Gasteiger charge is 2.28. The predicted molar refractivity (Wildman–Crippen MR) is 97.7 cm³/mol. The molecule has 1 heterocycles. The Morgan fingerprint density at radius 2 is 1.89 bits per heavy atom. The first-order chi connectivity index (χ1) is 12.8. The fourth-order valence-corrected chi connectivity index (χ4v) is 4.50. The summed E-state index contributed by atoms with van der Waals surface area (Å²) in [6, 6.07) is 7.39. The Hall–Kier alpha value is -2.68. The zero-order chi connectivity index (χ0) is 19.6. The molecule has 2 aromatic carbocycles. The van der Waals surface area contributed by atoms with Gasteiger partial charge in [-0.25, -0.2) is 17.2 Å². The van der Waals surface area contributed by atoms with Crippen molar-refractivity contribution in [3.8, 4) is 5.75 Å². The maximum Gasteiger partial charge on any atom is 0.255 e. The molecule has 1 N–H and O–H groups in total. The highest BCUT2D eigenvalue weighted by atomic mass is 32.2. The van der Waals surface area contributed by atoms with Crippen LogP contribution in [0.2, 0.25) is 0 Å². The molecule has 0 atom stereocenters. The molecule has 0 aromatic heterocycles. The van der Waals surface area contributed by atoms with E-state index in [1.807, 2.05) is 0 Å². The first-order valence-electron chi connectivity index (χ1n) is 8.26. The van der Waals surface area contributed by atoms with Crippen molar-refractivity contribution in [1.29, 1.82) is 0 Å². The number of carbonyl (C=O) groups is 1. The second-order valence-electron chi connectivity index (χ2n) is 6.06. The minimum Gasteiger partial charge on any atom is -0.495 e. The summed E-state index contributed by atoms with van der Waals surface area (Å²) in [6.45, 7) is 0.319. The standard InChI is InChI=1S/C18H18F2N2O4S/c1-26-17-7-5-13(11-16(17)22-8-2-3-9-27(22,24)25)21-18(23)12-4-6-14(19)15(20)10-12/h4-7,10-11H,2-3,8-9H2,1H3,(H,21,23). The maximum absolute atomic E-state index is 13.3. The number of nitrogens with zero attached hydrogens (tertiary/aromatic N) is 1. The Labute approximate surface area is 155 Å². The van der Waals surface area contributed by atoms with Crippen molar-refractivity contribution < 1.29 is 26.7 Å². The van der Waals surface area contributed by atoms with Crippen molar-refractivity contribution in [2.75, 3.05) is 29.0 Å². The molecule has 0 saturated carbocycles. The number of benzene rings is 2. The molecule has 1 amide bonds. The highest BCUT2D eigenvalue weighted by molar-refractivity contribution is 7.92. The zero-order valence-corrected chi connectivity index (χ0v) is 15.4. The first kappa shape index (κ1) is 19.1. The summed E-state index contributed by atoms with van der Waals surface area (Å²) in [4.78, 5) is 12.3. The predicted octanol–water partition coefficient (Wildman–Crippen LogP) is 3.16. The fraction of sp³-hybridized carbons (Fsp3) is 0.278. The van der Waals surface area contributed by atoms with E-state index >= 15 is 0 Å². The highest BCUT2D eigenvalue weighted by Crippen LogP contribution is 2.35. The summed E-state index contributed by atoms with van der Waals surface area (Å²) in [5.74, 6) is -2.43. The van der Waals surface area contributed by atoms with Crippen molar-refractivity contribution in [2.45, 2.75) is 12.8 Å². The average molecular weight is 396 g/mol. The molecule has 2 aromatic rings. The van der Waals surface area contributed by atoms with Crippen molar-refractivity contribution >= 4 is 27.3 Å². The second kappa shape index (κ2) is 7.51. The third-order valence-electron chi connectivity index (χ3n) is 4.24. The molecule has 1 fully saturated rings. The lowest BCUT2D eigenvalue weighted by Crippen LogP contribution is -2.38. The van der Waals surface area contributed by atoms with E-state index in [9.17, 15) is 22.0 Å². The number of sulfonamides is 1. The van der Waals surface area contributed by atoms with Crippen LogP contribution in [0.4, 0.5) is 20.2 Å². The largest absolute Gasteiger partial charge is 0.495 e. The molecule has 27 heavy (non-hydrogen) atoms. The lowest BCUT2D eigenvalue weighted by atomic mass is 10.2. The number of methoxy groups -OCH3 is 1. The third-order valence-corrected chi connectivity index (χ3v) is 6.09. The molecular formula is C18H18F2N2O4S. The van der Waals surface area contributed by atoms with Crippen molar-refractivity contribution in [3.63, 3.8) is 0 Å². The van der Waals surface area contributed by atoms with Crippen LogP contribution in [-0.2, 0) is 10.0 Å². The smallest absolute Gasteiger partial charge is 0.255 e. The Bertz CT molecular complexity index is 979. The van der Waals surface area contributed by atoms with Gasteiger partial charge in [-0.3, -0.25) is 9.10 Å². The number of hydrogen-bond donors (Lipinski definition) is 1. The molecule has 1 aliphatic heterocycles. The summed E-state index contributed by atoms with van der Waals surface area (Å²) < 4.78 is 57.6. The molecule has 0 spiro atoms. The van der Waals surface area contributed by atoms with Crippen LogP contribution in [0.25, 0.3) is 0 Å². The van der Waals surface area contributed by atoms with Gasteiger partial charge in [0.25, 0.3) is 5.91 Å². The van der Waals surface area contributed by atoms with Gasteiger partial charge >= 0.3 is 0 Å². The van der Waals surface area contributed by atoms with Gasteiger partial charge in [-0.2, -0.15) is 0 Å². The minimum atomic E-state index is -3.47. The Kier molecular flexibility index (Phi) is 5.31. The van der Waals surface area contributed by atoms with Gasteiger partial charge in [0.1, 0.15) is 5.75 Å². The number of nitrogens with one attached hydrogen (secondary N) is 1. The summed E-state index contributed by atoms with van der Waals surface area (Å²) in [5, 5.41) is 2.56. The van der Waals surface area contributed by atoms with Gasteiger partial charge in [-0.1, -0.05) is 0 Å². The van der Waals surface area contributed by atoms with Crippen LogP contribution in [-0.4, -0.2) is 33.7 Å². The van der Waals surface area contributed by atoms with E-state index in [1.165, 1.54) is 23.5 Å². The molecule has 6 nitrogen and oxygen atoms in total. The second-order valence-corrected chi connectivity index (χ2v) is 8.08. The molecule has 0 bridgehead atoms. The molecule has 0 aliphatic carbocycles. The maximum atomic E-state index is 13.3. The van der Waals surface area contributed by atoms with E-state index in [1.54, 1.807) is 6.07 Å². The number of halogens is 2. The van der Waals surface area contributed by atoms with Crippen molar-refractivity contribution in [1.82, 2.24) is 0 Å². The lowest BCUT2D eigenvalue weighted by Gasteiger charge is -2.29. The molecule has 9 heteroatoms. The van der Waals surface area contributed by atoms with Crippen LogP contribution in [0.3, 0.4) is 0 Å². The Morgan fingerprint density at radius 3 is 2.56 bits per heavy atom. The molecule has 3 rings (SSSR count). The van der Waals surface area contributed by atoms with E-state index in [2.05, 4.69) is 5.32 Å². The first-order valence-corrected chi connectivity index (χ1v) is 9.87. The Morgan fingerprint density at radius 1 is 1.11 bits per heavy atom. The lowest BCUT2D eigenvalue weighted by molar-refractivity contribution is 0.102. The van der Waals surface area contributed by atoms with Gasteiger partial charge in [0.15, 0.2) is 11.6 Å². The topological polar surface area (TPSA) is 75.7 Å². The zero-order valence-electron chi connectivity index (χ0n) is 14.5. The number of rotatable bonds is 4. The molecule has 144 valence electrons. The molecular weight excluding hydrogens is 378 g/mol. The SMILES string of the molecule is COc1ccc(NC(=O)c2ccc(F)c(F)c2)cc1N1CCCCS1(=O)=O. The summed E-state index contributed by atoms with van der Waals surface area (Å²) in [7, 11) is -2.04. The number of amides is 1. The van der Waals surface area contributed by atoms with Crippen LogP contribution in [0.15, 0.2) is 36.4 Å². The van der Waals surface area contributed by atoms with E-state index in [0.29, 0.717) is 36.5 Å². The number of carbonyl (C=O) groups excluding carboxylic acids is 1. The Balaban J connectivity index is 1.91. The van der Waals surface area contributed by atoms with Crippen LogP contribution in [0.1, 0.15) is 23.2 Å². The fourth-order valence-electron chi connectivity index (χ4n) is 2.86.